The van der Waals surface area contributed by atoms with Gasteiger partial charge in [0.1, 0.15) is 11.4 Å². The number of phenolic OH excluding ortho intramolecular Hbond substituents is 1. The molecule has 7 heteroatoms. The van der Waals surface area contributed by atoms with Crippen LogP contribution in [0.4, 0.5) is 5.69 Å². The first-order chi connectivity index (χ1) is 16.2. The normalized spacial score (nSPS) is 11.1. The highest BCUT2D eigenvalue weighted by molar-refractivity contribution is 6.10. The van der Waals surface area contributed by atoms with Gasteiger partial charge < -0.3 is 19.7 Å². The summed E-state index contributed by atoms with van der Waals surface area (Å²) in [6.45, 7) is 5.34. The number of aromatic nitrogens is 2. The Hall–Kier alpha value is -4.39. The van der Waals surface area contributed by atoms with E-state index in [0.29, 0.717) is 5.69 Å². The molecule has 172 valence electrons. The number of rotatable bonds is 5. The maximum atomic E-state index is 13.2. The van der Waals surface area contributed by atoms with Crippen LogP contribution in [0.25, 0.3) is 16.8 Å². The molecule has 0 saturated heterocycles. The van der Waals surface area contributed by atoms with E-state index in [1.165, 1.54) is 6.07 Å². The third-order valence-electron chi connectivity index (χ3n) is 5.02. The molecule has 0 saturated carbocycles. The first-order valence-electron chi connectivity index (χ1n) is 10.8. The van der Waals surface area contributed by atoms with Gasteiger partial charge in [-0.3, -0.25) is 4.79 Å². The Labute approximate surface area is 197 Å². The van der Waals surface area contributed by atoms with Crippen molar-refractivity contribution in [3.8, 4) is 22.6 Å². The predicted molar refractivity (Wildman–Crippen MR) is 130 cm³/mol. The first kappa shape index (κ1) is 22.8. The van der Waals surface area contributed by atoms with Crippen LogP contribution in [0.3, 0.4) is 0 Å². The summed E-state index contributed by atoms with van der Waals surface area (Å²) in [6.07, 6.45) is 4.95. The van der Waals surface area contributed by atoms with Gasteiger partial charge in [-0.05, 0) is 62.2 Å². The van der Waals surface area contributed by atoms with Crippen molar-refractivity contribution in [3.63, 3.8) is 0 Å². The van der Waals surface area contributed by atoms with Crippen LogP contribution in [0, 0.1) is 0 Å². The molecule has 0 spiro atoms. The molecule has 3 aromatic carbocycles. The van der Waals surface area contributed by atoms with Gasteiger partial charge in [-0.25, -0.2) is 9.78 Å². The smallest absolute Gasteiger partial charge is 0.340 e. The number of nitrogens with zero attached hydrogens (tertiary/aromatic N) is 2. The van der Waals surface area contributed by atoms with Crippen LogP contribution in [0.15, 0.2) is 85.5 Å². The van der Waals surface area contributed by atoms with E-state index in [2.05, 4.69) is 10.3 Å². The highest BCUT2D eigenvalue weighted by Gasteiger charge is 2.23. The average Bonchev–Trinajstić information content (AvgIpc) is 3.33. The molecule has 0 bridgehead atoms. The summed E-state index contributed by atoms with van der Waals surface area (Å²) in [6, 6.07) is 19.5. The summed E-state index contributed by atoms with van der Waals surface area (Å²) < 4.78 is 7.26. The lowest BCUT2D eigenvalue weighted by molar-refractivity contribution is 0.00708. The molecule has 0 aliphatic rings. The fourth-order valence-corrected chi connectivity index (χ4v) is 3.44. The number of hydrogen-bond donors (Lipinski definition) is 2. The van der Waals surface area contributed by atoms with Crippen molar-refractivity contribution in [3.05, 3.63) is 96.6 Å². The van der Waals surface area contributed by atoms with Gasteiger partial charge in [0, 0.05) is 18.1 Å². The van der Waals surface area contributed by atoms with Crippen molar-refractivity contribution in [1.82, 2.24) is 9.55 Å². The Morgan fingerprint density at radius 2 is 1.71 bits per heavy atom. The van der Waals surface area contributed by atoms with E-state index in [1.807, 2.05) is 30.3 Å². The molecule has 34 heavy (non-hydrogen) atoms. The zero-order chi connectivity index (χ0) is 24.3. The van der Waals surface area contributed by atoms with Crippen molar-refractivity contribution in [2.45, 2.75) is 26.4 Å². The lowest BCUT2D eigenvalue weighted by Crippen LogP contribution is -2.25. The molecule has 1 aromatic heterocycles. The van der Waals surface area contributed by atoms with Crippen molar-refractivity contribution in [2.24, 2.45) is 0 Å². The molecule has 4 aromatic rings. The number of ether oxygens (including phenoxy) is 1. The second kappa shape index (κ2) is 9.23. The fourth-order valence-electron chi connectivity index (χ4n) is 3.44. The summed E-state index contributed by atoms with van der Waals surface area (Å²) in [5.74, 6) is -1.30. The van der Waals surface area contributed by atoms with E-state index in [4.69, 9.17) is 4.74 Å². The lowest BCUT2D eigenvalue weighted by atomic mass is 10.0. The van der Waals surface area contributed by atoms with E-state index in [0.717, 1.165) is 11.1 Å². The highest BCUT2D eigenvalue weighted by atomic mass is 16.6. The quantitative estimate of drug-likeness (QED) is 0.390. The third-order valence-corrected chi connectivity index (χ3v) is 5.02. The number of carbonyl (C=O) groups excluding carboxylic acids is 2. The maximum Gasteiger partial charge on any atom is 0.340 e. The number of phenols is 1. The molecule has 1 heterocycles. The SMILES string of the molecule is CC(C)(C)OC(=O)c1ccc(-c2ccccc2)cc1NC(=O)c1cc(-n2ccnc2)ccc1O. The number of benzene rings is 3. The molecule has 2 N–H and O–H groups in total. The largest absolute Gasteiger partial charge is 0.507 e. The Morgan fingerprint density at radius 1 is 0.941 bits per heavy atom. The minimum atomic E-state index is -0.701. The number of imidazole rings is 1. The number of carbonyl (C=O) groups is 2. The second-order valence-electron chi connectivity index (χ2n) is 8.75. The average molecular weight is 456 g/mol. The van der Waals surface area contributed by atoms with E-state index < -0.39 is 17.5 Å². The second-order valence-corrected chi connectivity index (χ2v) is 8.75. The Bertz CT molecular complexity index is 1320. The number of aromatic hydroxyl groups is 1. The number of hydrogen-bond acceptors (Lipinski definition) is 5. The summed E-state index contributed by atoms with van der Waals surface area (Å²) in [4.78, 5) is 30.1. The van der Waals surface area contributed by atoms with Crippen molar-refractivity contribution in [1.29, 1.82) is 0 Å². The van der Waals surface area contributed by atoms with Crippen LogP contribution in [-0.2, 0) is 4.74 Å². The number of anilines is 1. The molecule has 0 fully saturated rings. The monoisotopic (exact) mass is 455 g/mol. The number of nitrogens with one attached hydrogen (secondary N) is 1. The van der Waals surface area contributed by atoms with Crippen LogP contribution in [-0.4, -0.2) is 32.1 Å². The van der Waals surface area contributed by atoms with Gasteiger partial charge in [-0.1, -0.05) is 36.4 Å². The van der Waals surface area contributed by atoms with Crippen LogP contribution < -0.4 is 5.32 Å². The van der Waals surface area contributed by atoms with Crippen molar-refractivity contribution < 1.29 is 19.4 Å². The van der Waals surface area contributed by atoms with Crippen LogP contribution in [0.1, 0.15) is 41.5 Å². The minimum absolute atomic E-state index is 0.0615. The molecule has 0 radical (unpaired) electrons. The van der Waals surface area contributed by atoms with Gasteiger partial charge in [0.25, 0.3) is 5.91 Å². The third kappa shape index (κ3) is 5.15. The highest BCUT2D eigenvalue weighted by Crippen LogP contribution is 2.29. The predicted octanol–water partition coefficient (Wildman–Crippen LogP) is 5.45. The zero-order valence-corrected chi connectivity index (χ0v) is 19.1. The summed E-state index contributed by atoms with van der Waals surface area (Å²) in [5.41, 5.74) is 2.27. The van der Waals surface area contributed by atoms with E-state index in [1.54, 1.807) is 74.4 Å². The van der Waals surface area contributed by atoms with E-state index >= 15 is 0 Å². The summed E-state index contributed by atoms with van der Waals surface area (Å²) >= 11 is 0. The number of esters is 1. The maximum absolute atomic E-state index is 13.2. The summed E-state index contributed by atoms with van der Waals surface area (Å²) in [5, 5.41) is 13.2. The Balaban J connectivity index is 1.72. The fraction of sp³-hybridized carbons (Fsp3) is 0.148. The zero-order valence-electron chi connectivity index (χ0n) is 19.1. The summed E-state index contributed by atoms with van der Waals surface area (Å²) in [7, 11) is 0. The van der Waals surface area contributed by atoms with Gasteiger partial charge in [0.05, 0.1) is 23.1 Å². The van der Waals surface area contributed by atoms with Gasteiger partial charge in [-0.2, -0.15) is 0 Å². The molecule has 1 amide bonds. The van der Waals surface area contributed by atoms with Crippen molar-refractivity contribution in [2.75, 3.05) is 5.32 Å². The molecule has 0 aliphatic carbocycles. The van der Waals surface area contributed by atoms with E-state index in [-0.39, 0.29) is 22.6 Å². The Kier molecular flexibility index (Phi) is 6.19. The molecule has 7 nitrogen and oxygen atoms in total. The first-order valence-corrected chi connectivity index (χ1v) is 10.8. The lowest BCUT2D eigenvalue weighted by Gasteiger charge is -2.21. The van der Waals surface area contributed by atoms with Crippen LogP contribution >= 0.6 is 0 Å². The standard InChI is InChI=1S/C27H25N3O4/c1-27(2,3)34-26(33)21-11-9-19(18-7-5-4-6-8-18)15-23(21)29-25(32)22-16-20(10-12-24(22)31)30-14-13-28-17-30/h4-17,31H,1-3H3,(H,29,32). The van der Waals surface area contributed by atoms with Gasteiger partial charge >= 0.3 is 5.97 Å². The number of amides is 1. The van der Waals surface area contributed by atoms with Crippen LogP contribution in [0.2, 0.25) is 0 Å². The molecular formula is C27H25N3O4. The molecule has 0 atom stereocenters. The molecule has 4 rings (SSSR count). The van der Waals surface area contributed by atoms with Gasteiger partial charge in [0.2, 0.25) is 0 Å². The van der Waals surface area contributed by atoms with E-state index in [9.17, 15) is 14.7 Å². The van der Waals surface area contributed by atoms with Gasteiger partial charge in [-0.15, -0.1) is 0 Å². The minimum Gasteiger partial charge on any atom is -0.507 e. The molecule has 0 aliphatic heterocycles. The van der Waals surface area contributed by atoms with Crippen LogP contribution in [0.5, 0.6) is 5.75 Å². The van der Waals surface area contributed by atoms with Crippen molar-refractivity contribution >= 4 is 17.6 Å². The molecule has 0 unspecified atom stereocenters. The van der Waals surface area contributed by atoms with Gasteiger partial charge in [0.15, 0.2) is 0 Å². The molecular weight excluding hydrogens is 430 g/mol. The Morgan fingerprint density at radius 3 is 2.38 bits per heavy atom. The topological polar surface area (TPSA) is 93.5 Å².